The lowest BCUT2D eigenvalue weighted by molar-refractivity contribution is -0.144. The average Bonchev–Trinajstić information content (AvgIpc) is 3.18. The van der Waals surface area contributed by atoms with Crippen molar-refractivity contribution >= 4 is 23.3 Å². The second kappa shape index (κ2) is 8.40. The maximum Gasteiger partial charge on any atom is 0.306 e. The van der Waals surface area contributed by atoms with Crippen LogP contribution in [-0.4, -0.2) is 28.7 Å². The molecule has 174 valence electrons. The molecule has 0 spiro atoms. The van der Waals surface area contributed by atoms with E-state index >= 15 is 0 Å². The van der Waals surface area contributed by atoms with Crippen LogP contribution in [0.5, 0.6) is 11.5 Å². The summed E-state index contributed by atoms with van der Waals surface area (Å²) in [6.45, 7) is 2.01. The number of carbonyl (C=O) groups is 2. The van der Waals surface area contributed by atoms with Crippen molar-refractivity contribution < 1.29 is 24.5 Å². The number of aromatic hydroxyl groups is 2. The van der Waals surface area contributed by atoms with Gasteiger partial charge < -0.3 is 14.9 Å². The largest absolute Gasteiger partial charge is 0.508 e. The summed E-state index contributed by atoms with van der Waals surface area (Å²) in [6, 6.07) is 11.9. The first kappa shape index (κ1) is 21.8. The van der Waals surface area contributed by atoms with Gasteiger partial charge in [0.25, 0.3) is 0 Å². The first-order chi connectivity index (χ1) is 15.9. The van der Waals surface area contributed by atoms with Crippen molar-refractivity contribution in [2.75, 3.05) is 11.5 Å². The van der Waals surface area contributed by atoms with Gasteiger partial charge in [0, 0.05) is 29.2 Å². The molecule has 0 radical (unpaired) electrons. The lowest BCUT2D eigenvalue weighted by atomic mass is 9.70. The molecule has 4 aliphatic rings. The van der Waals surface area contributed by atoms with Crippen molar-refractivity contribution in [2.45, 2.75) is 57.3 Å². The zero-order valence-electron chi connectivity index (χ0n) is 19.0. The van der Waals surface area contributed by atoms with Crippen LogP contribution in [0.4, 0.5) is 11.4 Å². The average molecular weight is 450 g/mol. The molecule has 6 nitrogen and oxygen atoms in total. The van der Waals surface area contributed by atoms with E-state index in [0.29, 0.717) is 23.0 Å². The molecular formula is C27H31NO5. The highest BCUT2D eigenvalue weighted by molar-refractivity contribution is 6.01. The van der Waals surface area contributed by atoms with E-state index in [1.165, 1.54) is 30.2 Å². The molecule has 2 N–H and O–H groups in total. The summed E-state index contributed by atoms with van der Waals surface area (Å²) >= 11 is 0. The fourth-order valence-corrected chi connectivity index (χ4v) is 6.92. The Bertz CT molecular complexity index is 1070. The molecule has 0 aromatic heterocycles. The van der Waals surface area contributed by atoms with E-state index in [4.69, 9.17) is 4.74 Å². The fourth-order valence-electron chi connectivity index (χ4n) is 6.92. The Labute approximate surface area is 194 Å². The molecule has 0 heterocycles. The third kappa shape index (κ3) is 3.85. The van der Waals surface area contributed by atoms with Crippen LogP contribution in [0.15, 0.2) is 42.5 Å². The lowest BCUT2D eigenvalue weighted by Crippen LogP contribution is -2.30. The van der Waals surface area contributed by atoms with E-state index in [2.05, 4.69) is 0 Å². The first-order valence-corrected chi connectivity index (χ1v) is 12.0. The maximum absolute atomic E-state index is 13.3. The van der Waals surface area contributed by atoms with Gasteiger partial charge in [-0.15, -0.1) is 0 Å². The summed E-state index contributed by atoms with van der Waals surface area (Å²) in [4.78, 5) is 26.7. The van der Waals surface area contributed by atoms with Gasteiger partial charge in [0.05, 0.1) is 18.7 Å². The van der Waals surface area contributed by atoms with Gasteiger partial charge in [0.15, 0.2) is 0 Å². The SMILES string of the molecule is CCOC(=O)CCC(=O)N(c1cccc(O)c1)c1ccc(O)c(C23CC4CC(CC2C4)C3)c1. The third-order valence-corrected chi connectivity index (χ3v) is 7.95. The van der Waals surface area contributed by atoms with Crippen LogP contribution in [0.25, 0.3) is 0 Å². The Hall–Kier alpha value is -3.02. The van der Waals surface area contributed by atoms with E-state index < -0.39 is 5.97 Å². The van der Waals surface area contributed by atoms with Gasteiger partial charge in [0.1, 0.15) is 11.5 Å². The second-order valence-electron chi connectivity index (χ2n) is 9.96. The number of benzene rings is 2. The van der Waals surface area contributed by atoms with Crippen molar-refractivity contribution in [3.8, 4) is 11.5 Å². The number of nitrogens with zero attached hydrogens (tertiary/aromatic N) is 1. The van der Waals surface area contributed by atoms with Gasteiger partial charge in [-0.3, -0.25) is 14.5 Å². The van der Waals surface area contributed by atoms with Gasteiger partial charge in [-0.1, -0.05) is 6.07 Å². The molecule has 2 unspecified atom stereocenters. The number of amides is 1. The highest BCUT2D eigenvalue weighted by atomic mass is 16.5. The van der Waals surface area contributed by atoms with Crippen molar-refractivity contribution in [1.29, 1.82) is 0 Å². The summed E-state index contributed by atoms with van der Waals surface area (Å²) in [5, 5.41) is 21.0. The van der Waals surface area contributed by atoms with Crippen molar-refractivity contribution in [2.24, 2.45) is 17.8 Å². The molecule has 4 saturated carbocycles. The van der Waals surface area contributed by atoms with Crippen molar-refractivity contribution in [3.05, 3.63) is 48.0 Å². The normalized spacial score (nSPS) is 27.0. The smallest absolute Gasteiger partial charge is 0.306 e. The molecule has 4 fully saturated rings. The summed E-state index contributed by atoms with van der Waals surface area (Å²) < 4.78 is 4.98. The second-order valence-corrected chi connectivity index (χ2v) is 9.96. The molecule has 6 rings (SSSR count). The van der Waals surface area contributed by atoms with E-state index in [0.717, 1.165) is 30.2 Å². The van der Waals surface area contributed by atoms with Crippen LogP contribution in [0.3, 0.4) is 0 Å². The van der Waals surface area contributed by atoms with E-state index in [9.17, 15) is 19.8 Å². The van der Waals surface area contributed by atoms with Crippen LogP contribution in [0.1, 0.15) is 57.4 Å². The number of hydrogen-bond acceptors (Lipinski definition) is 5. The molecule has 1 amide bonds. The zero-order valence-corrected chi connectivity index (χ0v) is 19.0. The number of anilines is 2. The monoisotopic (exact) mass is 449 g/mol. The minimum Gasteiger partial charge on any atom is -0.508 e. The third-order valence-electron chi connectivity index (χ3n) is 7.95. The number of ether oxygens (including phenoxy) is 1. The Kier molecular flexibility index (Phi) is 5.55. The fraction of sp³-hybridized carbons (Fsp3) is 0.481. The highest BCUT2D eigenvalue weighted by Crippen LogP contribution is 2.67. The number of hydrogen-bond donors (Lipinski definition) is 2. The summed E-state index contributed by atoms with van der Waals surface area (Å²) in [5.74, 6) is 1.74. The quantitative estimate of drug-likeness (QED) is 0.569. The lowest BCUT2D eigenvalue weighted by Gasteiger charge is -2.35. The molecule has 4 aliphatic carbocycles. The standard InChI is InChI=1S/C27H31NO5/c1-2-33-26(32)9-8-25(31)28(20-4-3-5-22(29)13-20)21-6-7-24(30)23(14-21)27-15-17-10-18(16-27)12-19(27)11-17/h3-7,13-14,17-19,29-30H,2,8-12,15-16H2,1H3. The van der Waals surface area contributed by atoms with Gasteiger partial charge in [-0.05, 0) is 87.1 Å². The summed E-state index contributed by atoms with van der Waals surface area (Å²) in [5.41, 5.74) is 2.10. The Morgan fingerprint density at radius 2 is 1.73 bits per heavy atom. The number of phenolic OH excluding ortho intramolecular Hbond substituents is 2. The number of phenols is 2. The topological polar surface area (TPSA) is 87.1 Å². The first-order valence-electron chi connectivity index (χ1n) is 12.0. The molecule has 33 heavy (non-hydrogen) atoms. The van der Waals surface area contributed by atoms with E-state index in [1.807, 2.05) is 6.07 Å². The Morgan fingerprint density at radius 3 is 2.42 bits per heavy atom. The number of rotatable bonds is 7. The number of esters is 1. The van der Waals surface area contributed by atoms with Gasteiger partial charge >= 0.3 is 5.97 Å². The van der Waals surface area contributed by atoms with E-state index in [-0.39, 0.29) is 36.5 Å². The van der Waals surface area contributed by atoms with Crippen molar-refractivity contribution in [1.82, 2.24) is 0 Å². The Balaban J connectivity index is 1.51. The van der Waals surface area contributed by atoms with Crippen molar-refractivity contribution in [3.63, 3.8) is 0 Å². The molecule has 2 atom stereocenters. The molecule has 2 aromatic rings. The minimum atomic E-state index is -0.411. The minimum absolute atomic E-state index is 0.00778. The maximum atomic E-state index is 13.3. The predicted molar refractivity (Wildman–Crippen MR) is 124 cm³/mol. The molecule has 0 aliphatic heterocycles. The van der Waals surface area contributed by atoms with Crippen LogP contribution in [0.2, 0.25) is 0 Å². The highest BCUT2D eigenvalue weighted by Gasteiger charge is 2.59. The van der Waals surface area contributed by atoms with Crippen LogP contribution >= 0.6 is 0 Å². The van der Waals surface area contributed by atoms with Crippen LogP contribution < -0.4 is 4.90 Å². The van der Waals surface area contributed by atoms with Crippen LogP contribution in [0, 0.1) is 17.8 Å². The van der Waals surface area contributed by atoms with Gasteiger partial charge in [-0.2, -0.15) is 0 Å². The molecule has 4 bridgehead atoms. The van der Waals surface area contributed by atoms with Crippen LogP contribution in [-0.2, 0) is 19.7 Å². The van der Waals surface area contributed by atoms with E-state index in [1.54, 1.807) is 37.3 Å². The van der Waals surface area contributed by atoms with Gasteiger partial charge in [0.2, 0.25) is 5.91 Å². The molecule has 6 heteroatoms. The summed E-state index contributed by atoms with van der Waals surface area (Å²) in [7, 11) is 0. The zero-order chi connectivity index (χ0) is 23.2. The summed E-state index contributed by atoms with van der Waals surface area (Å²) in [6.07, 6.45) is 5.96. The molecular weight excluding hydrogens is 418 g/mol. The predicted octanol–water partition coefficient (Wildman–Crippen LogP) is 5.18. The Morgan fingerprint density at radius 1 is 1.00 bits per heavy atom. The van der Waals surface area contributed by atoms with Gasteiger partial charge in [-0.25, -0.2) is 0 Å². The number of carbonyl (C=O) groups excluding carboxylic acids is 2. The molecule has 0 saturated heterocycles. The molecule has 2 aromatic carbocycles.